The van der Waals surface area contributed by atoms with Crippen molar-refractivity contribution in [2.75, 3.05) is 0 Å². The molecule has 0 spiro atoms. The van der Waals surface area contributed by atoms with Crippen molar-refractivity contribution in [1.29, 1.82) is 0 Å². The van der Waals surface area contributed by atoms with Crippen LogP contribution in [0.4, 0.5) is 0 Å². The fraction of sp³-hybridized carbons (Fsp3) is 0.441. The fourth-order valence-electron chi connectivity index (χ4n) is 5.71. The second-order valence-corrected chi connectivity index (χ2v) is 16.1. The number of carbonyl (C=O) groups excluding carboxylic acids is 1. The molecule has 3 heterocycles. The summed E-state index contributed by atoms with van der Waals surface area (Å²) >= 11 is 0. The summed E-state index contributed by atoms with van der Waals surface area (Å²) in [7, 11) is -1.58. The molecule has 218 valence electrons. The minimum Gasteiger partial charge on any atom is -0.345 e. The number of aromatic amines is 1. The predicted octanol–water partition coefficient (Wildman–Crippen LogP) is 8.46. The topological polar surface area (TPSA) is 72.8 Å². The number of H-pyrrole nitrogens is 1. The van der Waals surface area contributed by atoms with Gasteiger partial charge in [-0.15, -0.1) is 10.3 Å². The van der Waals surface area contributed by atoms with Crippen LogP contribution in [-0.4, -0.2) is 41.3 Å². The van der Waals surface area contributed by atoms with E-state index in [0.29, 0.717) is 33.4 Å². The maximum atomic E-state index is 13.7. The average molecular weight is 573 g/mol. The Kier molecular flexibility index (Phi) is 9.16. The highest BCUT2D eigenvalue weighted by Crippen LogP contribution is 2.64. The molecule has 1 aromatic carbocycles. The van der Waals surface area contributed by atoms with Gasteiger partial charge in [0.2, 0.25) is 5.78 Å². The zero-order valence-electron chi connectivity index (χ0n) is 25.9. The van der Waals surface area contributed by atoms with Crippen LogP contribution in [0.3, 0.4) is 0 Å². The number of nitrogens with one attached hydrogen (secondary N) is 1. The van der Waals surface area contributed by atoms with Gasteiger partial charge in [-0.25, -0.2) is 4.98 Å². The van der Waals surface area contributed by atoms with Crippen LogP contribution in [0.15, 0.2) is 61.2 Å². The molecule has 4 rings (SSSR count). The first-order valence-corrected chi connectivity index (χ1v) is 16.3. The standard InChI is InChI=1S/C34H44N4O2S/c1-10-34(29-14-12-11-13-15-29,40-41(24(4)5,25(6)7)26(8)9)17-16-32(39)31-21-36-33-30(31)18-27(19-35-33)28-20-37-38(22-28)23(2)3/h11-15,18-26H,10H2,1-9H3,(H,35,36). The number of pyridine rings is 1. The Morgan fingerprint density at radius 1 is 1.00 bits per heavy atom. The quantitative estimate of drug-likeness (QED) is 0.118. The summed E-state index contributed by atoms with van der Waals surface area (Å²) in [6, 6.07) is 12.4. The molecule has 3 aromatic heterocycles. The molecule has 0 amide bonds. The average Bonchev–Trinajstić information content (AvgIpc) is 3.61. The van der Waals surface area contributed by atoms with Gasteiger partial charge in [0.25, 0.3) is 0 Å². The molecular formula is C34H44N4O2S. The third kappa shape index (κ3) is 5.86. The molecule has 0 aliphatic heterocycles. The number of ketones is 1. The van der Waals surface area contributed by atoms with Gasteiger partial charge in [0.1, 0.15) is 5.65 Å². The van der Waals surface area contributed by atoms with E-state index in [-0.39, 0.29) is 11.8 Å². The first-order valence-electron chi connectivity index (χ1n) is 14.6. The van der Waals surface area contributed by atoms with Gasteiger partial charge in [0, 0.05) is 56.9 Å². The van der Waals surface area contributed by atoms with E-state index in [2.05, 4.69) is 101 Å². The molecule has 0 fully saturated rings. The van der Waals surface area contributed by atoms with Crippen molar-refractivity contribution in [1.82, 2.24) is 19.7 Å². The van der Waals surface area contributed by atoms with Crippen LogP contribution in [0.1, 0.15) is 90.7 Å². The van der Waals surface area contributed by atoms with Gasteiger partial charge in [0.15, 0.2) is 5.60 Å². The summed E-state index contributed by atoms with van der Waals surface area (Å²) in [4.78, 5) is 21.5. The molecule has 0 aliphatic carbocycles. The Balaban J connectivity index is 1.79. The molecule has 4 aromatic rings. The molecule has 0 bridgehead atoms. The lowest BCUT2D eigenvalue weighted by atomic mass is 9.91. The van der Waals surface area contributed by atoms with Crippen LogP contribution >= 0.6 is 10.3 Å². The highest BCUT2D eigenvalue weighted by atomic mass is 32.3. The van der Waals surface area contributed by atoms with E-state index >= 15 is 0 Å². The predicted molar refractivity (Wildman–Crippen MR) is 172 cm³/mol. The smallest absolute Gasteiger partial charge is 0.238 e. The number of benzene rings is 1. The van der Waals surface area contributed by atoms with Crippen molar-refractivity contribution in [3.63, 3.8) is 0 Å². The van der Waals surface area contributed by atoms with E-state index in [4.69, 9.17) is 4.18 Å². The van der Waals surface area contributed by atoms with Crippen LogP contribution in [0, 0.1) is 11.8 Å². The largest absolute Gasteiger partial charge is 0.345 e. The molecule has 0 aliphatic rings. The number of Topliss-reactive ketones (excluding diaryl/α,β-unsaturated/α-hetero) is 1. The number of carbonyl (C=O) groups is 1. The number of rotatable bonds is 10. The fourth-order valence-corrected chi connectivity index (χ4v) is 10.3. The number of aromatic nitrogens is 4. The molecular weight excluding hydrogens is 528 g/mol. The second kappa shape index (κ2) is 12.3. The molecule has 1 N–H and O–H groups in total. The summed E-state index contributed by atoms with van der Waals surface area (Å²) < 4.78 is 9.24. The van der Waals surface area contributed by atoms with Crippen molar-refractivity contribution < 1.29 is 8.98 Å². The van der Waals surface area contributed by atoms with E-state index in [0.717, 1.165) is 22.1 Å². The Morgan fingerprint density at radius 2 is 1.66 bits per heavy atom. The molecule has 7 heteroatoms. The van der Waals surface area contributed by atoms with Gasteiger partial charge in [-0.2, -0.15) is 5.10 Å². The Hall–Kier alpha value is -3.34. The number of hydrogen-bond donors (Lipinski definition) is 1. The van der Waals surface area contributed by atoms with Crippen molar-refractivity contribution in [3.8, 4) is 23.0 Å². The molecule has 0 saturated carbocycles. The molecule has 0 radical (unpaired) electrons. The van der Waals surface area contributed by atoms with E-state index < -0.39 is 15.9 Å². The maximum Gasteiger partial charge on any atom is 0.238 e. The zero-order valence-corrected chi connectivity index (χ0v) is 26.7. The lowest BCUT2D eigenvalue weighted by Crippen LogP contribution is -2.39. The van der Waals surface area contributed by atoms with Crippen LogP contribution in [-0.2, 0) is 9.78 Å². The van der Waals surface area contributed by atoms with Crippen molar-refractivity contribution in [3.05, 3.63) is 72.3 Å². The Bertz CT molecular complexity index is 1530. The molecule has 6 nitrogen and oxygen atoms in total. The number of nitrogens with zero attached hydrogens (tertiary/aromatic N) is 3. The normalized spacial score (nSPS) is 14.1. The van der Waals surface area contributed by atoms with Gasteiger partial charge in [0.05, 0.1) is 11.8 Å². The van der Waals surface area contributed by atoms with E-state index in [1.807, 2.05) is 41.3 Å². The van der Waals surface area contributed by atoms with E-state index in [1.54, 1.807) is 12.4 Å². The van der Waals surface area contributed by atoms with Crippen molar-refractivity contribution in [2.45, 2.75) is 96.1 Å². The molecule has 0 saturated heterocycles. The van der Waals surface area contributed by atoms with Gasteiger partial charge < -0.3 is 9.17 Å². The Labute approximate surface area is 246 Å². The number of hydrogen-bond acceptors (Lipinski definition) is 4. The van der Waals surface area contributed by atoms with Crippen LogP contribution in [0.5, 0.6) is 0 Å². The summed E-state index contributed by atoms with van der Waals surface area (Å²) in [6.07, 6.45) is 7.96. The van der Waals surface area contributed by atoms with E-state index in [9.17, 15) is 4.79 Å². The SMILES string of the molecule is CCC(C#CC(=O)c1c[nH]c2ncc(-c3cnn(C(C)C)c3)cc12)(OS(C(C)C)(C(C)C)C(C)C)c1ccccc1. The zero-order chi connectivity index (χ0) is 29.9. The first kappa shape index (κ1) is 30.6. The summed E-state index contributed by atoms with van der Waals surface area (Å²) in [6.45, 7) is 19.8. The minimum atomic E-state index is -1.58. The third-order valence-corrected chi connectivity index (χ3v) is 12.8. The minimum absolute atomic E-state index is 0.258. The summed E-state index contributed by atoms with van der Waals surface area (Å²) in [5, 5.41) is 6.18. The lowest BCUT2D eigenvalue weighted by molar-refractivity contribution is 0.105. The first-order chi connectivity index (χ1) is 19.4. The van der Waals surface area contributed by atoms with Gasteiger partial charge >= 0.3 is 0 Å². The number of fused-ring (bicyclic) bond motifs is 1. The second-order valence-electron chi connectivity index (χ2n) is 11.7. The molecule has 1 unspecified atom stereocenters. The van der Waals surface area contributed by atoms with Gasteiger partial charge in [-0.05, 0) is 37.8 Å². The highest BCUT2D eigenvalue weighted by molar-refractivity contribution is 8.31. The maximum absolute atomic E-state index is 13.7. The lowest BCUT2D eigenvalue weighted by Gasteiger charge is -2.54. The van der Waals surface area contributed by atoms with Crippen LogP contribution in [0.25, 0.3) is 22.2 Å². The van der Waals surface area contributed by atoms with Gasteiger partial charge in [-0.3, -0.25) is 9.48 Å². The van der Waals surface area contributed by atoms with Gasteiger partial charge in [-0.1, -0.05) is 84.7 Å². The van der Waals surface area contributed by atoms with Crippen LogP contribution in [0.2, 0.25) is 0 Å². The molecule has 1 atom stereocenters. The monoisotopic (exact) mass is 572 g/mol. The Morgan fingerprint density at radius 3 is 2.22 bits per heavy atom. The van der Waals surface area contributed by atoms with Crippen molar-refractivity contribution in [2.24, 2.45) is 0 Å². The van der Waals surface area contributed by atoms with E-state index in [1.165, 1.54) is 0 Å². The summed E-state index contributed by atoms with van der Waals surface area (Å²) in [5.41, 5.74) is 3.08. The third-order valence-electron chi connectivity index (χ3n) is 7.85. The van der Waals surface area contributed by atoms with Crippen molar-refractivity contribution >= 4 is 27.1 Å². The van der Waals surface area contributed by atoms with Crippen LogP contribution < -0.4 is 0 Å². The highest BCUT2D eigenvalue weighted by Gasteiger charge is 2.44. The summed E-state index contributed by atoms with van der Waals surface area (Å²) in [5.74, 6) is 6.15. The molecule has 41 heavy (non-hydrogen) atoms.